The number of rotatable bonds is 9. The van der Waals surface area contributed by atoms with E-state index < -0.39 is 5.97 Å². The summed E-state index contributed by atoms with van der Waals surface area (Å²) < 4.78 is 0. The topological polar surface area (TPSA) is 91.2 Å². The van der Waals surface area contributed by atoms with Crippen LogP contribution in [0.3, 0.4) is 0 Å². The van der Waals surface area contributed by atoms with Gasteiger partial charge in [-0.25, -0.2) is 15.0 Å². The highest BCUT2D eigenvalue weighted by Crippen LogP contribution is 2.33. The molecule has 0 unspecified atom stereocenters. The minimum absolute atomic E-state index is 0.0944. The quantitative estimate of drug-likeness (QED) is 0.613. The van der Waals surface area contributed by atoms with Crippen LogP contribution in [0.5, 0.6) is 0 Å². The second-order valence-corrected chi connectivity index (χ2v) is 8.58. The van der Waals surface area contributed by atoms with Crippen molar-refractivity contribution in [2.24, 2.45) is 5.92 Å². The van der Waals surface area contributed by atoms with Crippen LogP contribution in [-0.2, 0) is 17.6 Å². The Balaban J connectivity index is 1.21. The molecule has 0 amide bonds. The highest BCUT2D eigenvalue weighted by molar-refractivity contribution is 5.67. The van der Waals surface area contributed by atoms with E-state index in [2.05, 4.69) is 32.3 Å². The van der Waals surface area contributed by atoms with E-state index in [1.165, 1.54) is 30.5 Å². The van der Waals surface area contributed by atoms with Gasteiger partial charge in [-0.15, -0.1) is 0 Å². The number of aliphatic carboxylic acids is 1. The van der Waals surface area contributed by atoms with Gasteiger partial charge >= 0.3 is 5.97 Å². The van der Waals surface area contributed by atoms with E-state index in [1.54, 1.807) is 12.4 Å². The number of likely N-dealkylation sites (tertiary alicyclic amines) is 1. The number of carboxylic acid groups (broad SMARTS) is 1. The first-order valence-corrected chi connectivity index (χ1v) is 11.1. The number of anilines is 1. The van der Waals surface area contributed by atoms with Crippen LogP contribution in [-0.4, -0.2) is 50.6 Å². The molecule has 0 spiro atoms. The van der Waals surface area contributed by atoms with Crippen molar-refractivity contribution < 1.29 is 9.90 Å². The maximum Gasteiger partial charge on any atom is 0.305 e. The van der Waals surface area contributed by atoms with Crippen LogP contribution >= 0.6 is 0 Å². The predicted octanol–water partition coefficient (Wildman–Crippen LogP) is 3.40. The molecule has 0 aliphatic carbocycles. The number of hydrogen-bond donors (Lipinski definition) is 2. The number of nitrogens with zero attached hydrogens (tertiary/aromatic N) is 4. The first-order chi connectivity index (χ1) is 14.6. The lowest BCUT2D eigenvalue weighted by atomic mass is 9.89. The molecule has 30 heavy (non-hydrogen) atoms. The van der Waals surface area contributed by atoms with Gasteiger partial charge in [-0.2, -0.15) is 0 Å². The molecule has 0 bridgehead atoms. The van der Waals surface area contributed by atoms with Crippen LogP contribution in [0.15, 0.2) is 24.5 Å². The van der Waals surface area contributed by atoms with E-state index in [0.29, 0.717) is 11.7 Å². The van der Waals surface area contributed by atoms with Gasteiger partial charge in [0.2, 0.25) is 0 Å². The lowest BCUT2D eigenvalue weighted by molar-refractivity contribution is -0.139. The number of unbranched alkanes of at least 4 members (excludes halogenated alkanes) is 1. The number of aryl methyl sites for hydroxylation is 3. The molecule has 4 heterocycles. The van der Waals surface area contributed by atoms with Crippen molar-refractivity contribution in [1.29, 1.82) is 0 Å². The Kier molecular flexibility index (Phi) is 6.57. The summed E-state index contributed by atoms with van der Waals surface area (Å²) in [6, 6.07) is 4.27. The summed E-state index contributed by atoms with van der Waals surface area (Å²) >= 11 is 0. The van der Waals surface area contributed by atoms with Crippen LogP contribution in [0.1, 0.15) is 60.8 Å². The van der Waals surface area contributed by atoms with Gasteiger partial charge in [-0.3, -0.25) is 9.69 Å². The Hall–Kier alpha value is -2.54. The molecule has 7 heteroatoms. The van der Waals surface area contributed by atoms with Crippen molar-refractivity contribution in [1.82, 2.24) is 19.9 Å². The number of carbonyl (C=O) groups is 1. The highest BCUT2D eigenvalue weighted by atomic mass is 16.4. The number of pyridine rings is 1. The third kappa shape index (κ3) is 5.14. The molecule has 2 aliphatic rings. The molecule has 7 nitrogen and oxygen atoms in total. The van der Waals surface area contributed by atoms with Crippen molar-refractivity contribution in [3.05, 3.63) is 47.2 Å². The van der Waals surface area contributed by atoms with Crippen molar-refractivity contribution in [3.63, 3.8) is 0 Å². The Labute approximate surface area is 178 Å². The van der Waals surface area contributed by atoms with Gasteiger partial charge in [0.25, 0.3) is 0 Å². The summed E-state index contributed by atoms with van der Waals surface area (Å²) in [4.78, 5) is 26.9. The maximum atomic E-state index is 11.3. The fraction of sp³-hybridized carbons (Fsp3) is 0.565. The first kappa shape index (κ1) is 20.7. The summed E-state index contributed by atoms with van der Waals surface area (Å²) in [5.74, 6) is 1.65. The predicted molar refractivity (Wildman–Crippen MR) is 115 cm³/mol. The number of nitrogens with one attached hydrogen (secondary N) is 1. The van der Waals surface area contributed by atoms with Gasteiger partial charge < -0.3 is 10.4 Å². The smallest absolute Gasteiger partial charge is 0.305 e. The lowest BCUT2D eigenvalue weighted by Gasteiger charge is -2.44. The molecule has 0 radical (unpaired) electrons. The number of hydrogen-bond acceptors (Lipinski definition) is 6. The molecule has 2 aromatic rings. The molecule has 160 valence electrons. The van der Waals surface area contributed by atoms with Crippen LogP contribution in [0.25, 0.3) is 0 Å². The van der Waals surface area contributed by atoms with Crippen molar-refractivity contribution in [2.75, 3.05) is 25.0 Å². The highest BCUT2D eigenvalue weighted by Gasteiger charge is 2.34. The standard InChI is InChI=1S/C23H31N5O2/c1-16-25-12-19(13-26-16)21(11-22(29)30)28-14-17(15-28)5-2-3-7-20-9-8-18-6-4-10-24-23(18)27-20/h8-9,12-13,17,21H,2-7,10-11,14-15H2,1H3,(H,24,27)(H,29,30)/t21-/m1/s1. The maximum absolute atomic E-state index is 11.3. The van der Waals surface area contributed by atoms with Gasteiger partial charge in [0.1, 0.15) is 11.6 Å². The average molecular weight is 410 g/mol. The van der Waals surface area contributed by atoms with E-state index in [9.17, 15) is 9.90 Å². The van der Waals surface area contributed by atoms with E-state index in [4.69, 9.17) is 4.98 Å². The molecule has 4 rings (SSSR count). The van der Waals surface area contributed by atoms with E-state index in [-0.39, 0.29) is 12.5 Å². The summed E-state index contributed by atoms with van der Waals surface area (Å²) in [5, 5.41) is 12.7. The summed E-state index contributed by atoms with van der Waals surface area (Å²) in [5.41, 5.74) is 3.42. The average Bonchev–Trinajstić information content (AvgIpc) is 2.71. The van der Waals surface area contributed by atoms with E-state index in [1.807, 2.05) is 6.92 Å². The largest absolute Gasteiger partial charge is 0.481 e. The third-order valence-electron chi connectivity index (χ3n) is 6.23. The fourth-order valence-corrected chi connectivity index (χ4v) is 4.49. The number of aromatic nitrogens is 3. The molecule has 1 fully saturated rings. The zero-order valence-electron chi connectivity index (χ0n) is 17.7. The van der Waals surface area contributed by atoms with Crippen LogP contribution in [0.4, 0.5) is 5.82 Å². The normalized spacial score (nSPS) is 17.6. The van der Waals surface area contributed by atoms with E-state index >= 15 is 0 Å². The molecular weight excluding hydrogens is 378 g/mol. The molecule has 1 atom stereocenters. The summed E-state index contributed by atoms with van der Waals surface area (Å²) in [6.07, 6.45) is 10.5. The second-order valence-electron chi connectivity index (χ2n) is 8.58. The molecular formula is C23H31N5O2. The van der Waals surface area contributed by atoms with E-state index in [0.717, 1.165) is 50.3 Å². The van der Waals surface area contributed by atoms with Gasteiger partial charge in [-0.05, 0) is 56.6 Å². The van der Waals surface area contributed by atoms with Gasteiger partial charge in [0.15, 0.2) is 0 Å². The van der Waals surface area contributed by atoms with Crippen LogP contribution < -0.4 is 5.32 Å². The Morgan fingerprint density at radius 1 is 1.27 bits per heavy atom. The Bertz CT molecular complexity index is 864. The van der Waals surface area contributed by atoms with Crippen molar-refractivity contribution >= 4 is 11.8 Å². The monoisotopic (exact) mass is 409 g/mol. The zero-order valence-corrected chi connectivity index (χ0v) is 17.7. The fourth-order valence-electron chi connectivity index (χ4n) is 4.49. The van der Waals surface area contributed by atoms with Gasteiger partial charge in [-0.1, -0.05) is 12.5 Å². The molecule has 2 aliphatic heterocycles. The minimum atomic E-state index is -0.781. The van der Waals surface area contributed by atoms with Crippen molar-refractivity contribution in [2.45, 2.75) is 57.9 Å². The van der Waals surface area contributed by atoms with Crippen molar-refractivity contribution in [3.8, 4) is 0 Å². The third-order valence-corrected chi connectivity index (χ3v) is 6.23. The van der Waals surface area contributed by atoms with Crippen LogP contribution in [0, 0.1) is 12.8 Å². The lowest BCUT2D eigenvalue weighted by Crippen LogP contribution is -2.48. The molecule has 1 saturated heterocycles. The zero-order chi connectivity index (χ0) is 20.9. The second kappa shape index (κ2) is 9.51. The molecule has 2 N–H and O–H groups in total. The number of fused-ring (bicyclic) bond motifs is 1. The van der Waals surface area contributed by atoms with Gasteiger partial charge in [0.05, 0.1) is 6.42 Å². The Morgan fingerprint density at radius 2 is 2.07 bits per heavy atom. The molecule has 0 aromatic carbocycles. The molecule has 0 saturated carbocycles. The first-order valence-electron chi connectivity index (χ1n) is 11.1. The van der Waals surface area contributed by atoms with Crippen LogP contribution in [0.2, 0.25) is 0 Å². The minimum Gasteiger partial charge on any atom is -0.481 e. The van der Waals surface area contributed by atoms with Gasteiger partial charge in [0, 0.05) is 49.3 Å². The molecule has 2 aromatic heterocycles. The summed E-state index contributed by atoms with van der Waals surface area (Å²) in [7, 11) is 0. The summed E-state index contributed by atoms with van der Waals surface area (Å²) in [6.45, 7) is 4.77. The Morgan fingerprint density at radius 3 is 2.83 bits per heavy atom. The SMILES string of the molecule is Cc1ncc([C@@H](CC(=O)O)N2CC(CCCCc3ccc4c(n3)NCCC4)C2)cn1. The number of carboxylic acids is 1.